The van der Waals surface area contributed by atoms with Gasteiger partial charge in [-0.05, 0) is 26.0 Å². The average Bonchev–Trinajstić information content (AvgIpc) is 2.73. The molecule has 1 saturated heterocycles. The fourth-order valence-electron chi connectivity index (χ4n) is 4.26. The maximum absolute atomic E-state index is 9.32. The van der Waals surface area contributed by atoms with E-state index in [-0.39, 0.29) is 12.6 Å². The first kappa shape index (κ1) is 18.9. The first-order valence-electron chi connectivity index (χ1n) is 10.4. The Morgan fingerprint density at radius 2 is 1.87 bits per heavy atom. The molecule has 1 atom stereocenters. The summed E-state index contributed by atoms with van der Waals surface area (Å²) in [6, 6.07) is 6.20. The molecule has 0 radical (unpaired) electrons. The van der Waals surface area contributed by atoms with E-state index < -0.39 is 0 Å². The molecule has 0 spiro atoms. The van der Waals surface area contributed by atoms with Crippen LogP contribution in [0.25, 0.3) is 11.6 Å². The third kappa shape index (κ3) is 3.37. The number of aliphatic hydroxyl groups is 1. The Balaban J connectivity index is 1.41. The van der Waals surface area contributed by atoms with Crippen LogP contribution in [0.15, 0.2) is 36.8 Å². The van der Waals surface area contributed by atoms with E-state index in [0.29, 0.717) is 17.6 Å². The van der Waals surface area contributed by atoms with Gasteiger partial charge in [-0.3, -0.25) is 0 Å². The molecule has 1 N–H and O–H groups in total. The molecule has 0 bridgehead atoms. The van der Waals surface area contributed by atoms with Crippen LogP contribution in [0, 0.1) is 12.8 Å². The second-order valence-electron chi connectivity index (χ2n) is 8.07. The minimum atomic E-state index is 0.128. The van der Waals surface area contributed by atoms with Crippen molar-refractivity contribution in [3.8, 4) is 11.6 Å². The zero-order chi connectivity index (χ0) is 20.7. The molecule has 3 aromatic heterocycles. The molecule has 0 amide bonds. The summed E-state index contributed by atoms with van der Waals surface area (Å²) in [5.74, 6) is 2.48. The lowest BCUT2D eigenvalue weighted by Crippen LogP contribution is -2.48. The Bertz CT molecular complexity index is 1050. The molecular formula is C22H25N7O. The van der Waals surface area contributed by atoms with Crippen molar-refractivity contribution < 1.29 is 5.11 Å². The standard InChI is InChI=1S/C22H25N7O/c1-14-8-17(28-11-16(12-28)13-30)9-20(26-14)29-7-4-19-18(15(29)2)10-25-22(27-19)21-23-5-3-6-24-21/h3,5-6,8-10,15-16,30H,4,7,11-13H2,1-2H3. The Morgan fingerprint density at radius 3 is 2.63 bits per heavy atom. The summed E-state index contributed by atoms with van der Waals surface area (Å²) in [5, 5.41) is 9.32. The SMILES string of the molecule is Cc1cc(N2CC(CO)C2)cc(N2CCc3nc(-c4ncccn4)ncc3C2C)n1. The molecule has 2 aliphatic rings. The highest BCUT2D eigenvalue weighted by Gasteiger charge is 2.30. The molecule has 8 heteroatoms. The Kier molecular flexibility index (Phi) is 4.78. The molecule has 8 nitrogen and oxygen atoms in total. The molecule has 5 rings (SSSR count). The Labute approximate surface area is 175 Å². The van der Waals surface area contributed by atoms with E-state index in [9.17, 15) is 5.11 Å². The summed E-state index contributed by atoms with van der Waals surface area (Å²) < 4.78 is 0. The van der Waals surface area contributed by atoms with Gasteiger partial charge in [0.15, 0.2) is 11.6 Å². The smallest absolute Gasteiger partial charge is 0.197 e. The van der Waals surface area contributed by atoms with E-state index in [1.54, 1.807) is 18.5 Å². The van der Waals surface area contributed by atoms with Crippen molar-refractivity contribution in [1.82, 2.24) is 24.9 Å². The van der Waals surface area contributed by atoms with E-state index in [1.165, 1.54) is 5.69 Å². The fourth-order valence-corrected chi connectivity index (χ4v) is 4.26. The molecule has 0 aliphatic carbocycles. The summed E-state index contributed by atoms with van der Waals surface area (Å²) in [6.45, 7) is 7.11. The zero-order valence-electron chi connectivity index (χ0n) is 17.2. The topological polar surface area (TPSA) is 91.2 Å². The van der Waals surface area contributed by atoms with Gasteiger partial charge in [-0.2, -0.15) is 0 Å². The van der Waals surface area contributed by atoms with Gasteiger partial charge in [0.25, 0.3) is 0 Å². The van der Waals surface area contributed by atoms with Gasteiger partial charge < -0.3 is 14.9 Å². The highest BCUT2D eigenvalue weighted by Crippen LogP contribution is 2.35. The normalized spacial score (nSPS) is 18.8. The van der Waals surface area contributed by atoms with Crippen molar-refractivity contribution in [2.45, 2.75) is 26.3 Å². The summed E-state index contributed by atoms with van der Waals surface area (Å²) in [5.41, 5.74) is 4.35. The molecule has 154 valence electrons. The van der Waals surface area contributed by atoms with Gasteiger partial charge >= 0.3 is 0 Å². The quantitative estimate of drug-likeness (QED) is 0.709. The number of pyridine rings is 1. The molecule has 2 aliphatic heterocycles. The van der Waals surface area contributed by atoms with Gasteiger partial charge in [-0.1, -0.05) is 0 Å². The minimum Gasteiger partial charge on any atom is -0.396 e. The van der Waals surface area contributed by atoms with Gasteiger partial charge in [0.05, 0.1) is 11.7 Å². The summed E-state index contributed by atoms with van der Waals surface area (Å²) >= 11 is 0. The zero-order valence-corrected chi connectivity index (χ0v) is 17.2. The van der Waals surface area contributed by atoms with Crippen LogP contribution in [0.5, 0.6) is 0 Å². The molecule has 1 unspecified atom stereocenters. The lowest BCUT2D eigenvalue weighted by molar-refractivity contribution is 0.201. The number of fused-ring (bicyclic) bond motifs is 1. The molecule has 3 aromatic rings. The summed E-state index contributed by atoms with van der Waals surface area (Å²) in [6.07, 6.45) is 6.14. The monoisotopic (exact) mass is 403 g/mol. The van der Waals surface area contributed by atoms with Crippen LogP contribution in [0.2, 0.25) is 0 Å². The lowest BCUT2D eigenvalue weighted by Gasteiger charge is -2.41. The van der Waals surface area contributed by atoms with E-state index in [4.69, 9.17) is 9.97 Å². The van der Waals surface area contributed by atoms with Crippen molar-refractivity contribution in [1.29, 1.82) is 0 Å². The maximum atomic E-state index is 9.32. The van der Waals surface area contributed by atoms with Crippen LogP contribution < -0.4 is 9.80 Å². The number of hydrogen-bond acceptors (Lipinski definition) is 8. The second kappa shape index (κ2) is 7.60. The molecule has 0 aromatic carbocycles. The van der Waals surface area contributed by atoms with Crippen molar-refractivity contribution in [3.63, 3.8) is 0 Å². The first-order chi connectivity index (χ1) is 14.6. The number of hydrogen-bond donors (Lipinski definition) is 1. The fraction of sp³-hybridized carbons (Fsp3) is 0.409. The highest BCUT2D eigenvalue weighted by molar-refractivity contribution is 5.59. The third-order valence-corrected chi connectivity index (χ3v) is 5.97. The number of aromatic nitrogens is 5. The highest BCUT2D eigenvalue weighted by atomic mass is 16.3. The second-order valence-corrected chi connectivity index (χ2v) is 8.07. The van der Waals surface area contributed by atoms with Crippen LogP contribution in [0.1, 0.15) is 29.9 Å². The van der Waals surface area contributed by atoms with Crippen LogP contribution in [0.3, 0.4) is 0 Å². The summed E-state index contributed by atoms with van der Waals surface area (Å²) in [4.78, 5) is 27.2. The predicted octanol–water partition coefficient (Wildman–Crippen LogP) is 2.19. The van der Waals surface area contributed by atoms with E-state index in [2.05, 4.69) is 43.8 Å². The predicted molar refractivity (Wildman–Crippen MR) is 114 cm³/mol. The van der Waals surface area contributed by atoms with Gasteiger partial charge in [-0.25, -0.2) is 24.9 Å². The summed E-state index contributed by atoms with van der Waals surface area (Å²) in [7, 11) is 0. The number of aliphatic hydroxyl groups excluding tert-OH is 1. The number of aryl methyl sites for hydroxylation is 1. The van der Waals surface area contributed by atoms with E-state index in [0.717, 1.165) is 48.8 Å². The third-order valence-electron chi connectivity index (χ3n) is 5.97. The van der Waals surface area contributed by atoms with Crippen molar-refractivity contribution in [3.05, 3.63) is 53.7 Å². The Hall–Kier alpha value is -3.13. The molecule has 5 heterocycles. The van der Waals surface area contributed by atoms with Crippen LogP contribution in [-0.4, -0.2) is 56.3 Å². The van der Waals surface area contributed by atoms with Gasteiger partial charge in [0.2, 0.25) is 0 Å². The van der Waals surface area contributed by atoms with Crippen molar-refractivity contribution >= 4 is 11.5 Å². The van der Waals surface area contributed by atoms with Crippen LogP contribution in [-0.2, 0) is 6.42 Å². The van der Waals surface area contributed by atoms with E-state index >= 15 is 0 Å². The van der Waals surface area contributed by atoms with Crippen molar-refractivity contribution in [2.75, 3.05) is 36.0 Å². The van der Waals surface area contributed by atoms with Gasteiger partial charge in [0, 0.05) is 80.2 Å². The van der Waals surface area contributed by atoms with E-state index in [1.807, 2.05) is 13.1 Å². The maximum Gasteiger partial charge on any atom is 0.197 e. The average molecular weight is 403 g/mol. The van der Waals surface area contributed by atoms with Crippen LogP contribution >= 0.6 is 0 Å². The molecular weight excluding hydrogens is 378 g/mol. The van der Waals surface area contributed by atoms with Crippen LogP contribution in [0.4, 0.5) is 11.5 Å². The number of rotatable bonds is 4. The number of anilines is 2. The molecule has 30 heavy (non-hydrogen) atoms. The molecule has 1 fully saturated rings. The largest absolute Gasteiger partial charge is 0.396 e. The van der Waals surface area contributed by atoms with Gasteiger partial charge in [0.1, 0.15) is 5.82 Å². The Morgan fingerprint density at radius 1 is 1.07 bits per heavy atom. The van der Waals surface area contributed by atoms with Crippen molar-refractivity contribution in [2.24, 2.45) is 5.92 Å². The first-order valence-corrected chi connectivity index (χ1v) is 10.4. The van der Waals surface area contributed by atoms with Gasteiger partial charge in [-0.15, -0.1) is 0 Å². The minimum absolute atomic E-state index is 0.128. The number of nitrogens with zero attached hydrogens (tertiary/aromatic N) is 7. The lowest BCUT2D eigenvalue weighted by atomic mass is 9.98. The molecule has 0 saturated carbocycles.